The maximum absolute atomic E-state index is 11.0. The number of hydrogen-bond acceptors (Lipinski definition) is 2. The van der Waals surface area contributed by atoms with Crippen molar-refractivity contribution in [2.45, 2.75) is 56.3 Å². The Hall–Kier alpha value is -1.64. The number of benzene rings is 2. The van der Waals surface area contributed by atoms with Gasteiger partial charge in [-0.1, -0.05) is 79.9 Å². The molecule has 1 N–H and O–H groups in total. The fourth-order valence-corrected chi connectivity index (χ4v) is 4.32. The van der Waals surface area contributed by atoms with Gasteiger partial charge in [0.1, 0.15) is 0 Å². The van der Waals surface area contributed by atoms with Crippen LogP contribution in [0.2, 0.25) is 0 Å². The Bertz CT molecular complexity index is 621. The van der Waals surface area contributed by atoms with Gasteiger partial charge in [-0.3, -0.25) is 4.90 Å². The normalized spacial score (nSPS) is 29.2. The lowest BCUT2D eigenvalue weighted by Crippen LogP contribution is -2.25. The average Bonchev–Trinajstić information content (AvgIpc) is 3.39. The van der Waals surface area contributed by atoms with E-state index >= 15 is 0 Å². The maximum atomic E-state index is 11.0. The second-order valence-corrected chi connectivity index (χ2v) is 6.94. The van der Waals surface area contributed by atoms with E-state index in [-0.39, 0.29) is 6.04 Å². The van der Waals surface area contributed by atoms with Gasteiger partial charge < -0.3 is 5.11 Å². The van der Waals surface area contributed by atoms with E-state index in [9.17, 15) is 5.11 Å². The highest BCUT2D eigenvalue weighted by Crippen LogP contribution is 2.52. The van der Waals surface area contributed by atoms with Crippen LogP contribution in [0.25, 0.3) is 0 Å². The largest absolute Gasteiger partial charge is 0.387 e. The van der Waals surface area contributed by atoms with Gasteiger partial charge in [-0.15, -0.1) is 0 Å². The molecule has 2 aromatic carbocycles. The zero-order valence-electron chi connectivity index (χ0n) is 13.5. The van der Waals surface area contributed by atoms with Crippen molar-refractivity contribution in [2.24, 2.45) is 0 Å². The third-order valence-corrected chi connectivity index (χ3v) is 5.50. The first kappa shape index (κ1) is 14.9. The summed E-state index contributed by atoms with van der Waals surface area (Å²) >= 11 is 0. The summed E-state index contributed by atoms with van der Waals surface area (Å²) in [6.07, 6.45) is 6.19. The molecule has 2 aromatic rings. The molecule has 2 fully saturated rings. The Morgan fingerprint density at radius 2 is 1.43 bits per heavy atom. The number of aliphatic hydroxyl groups is 1. The van der Waals surface area contributed by atoms with Crippen molar-refractivity contribution in [3.63, 3.8) is 0 Å². The highest BCUT2D eigenvalue weighted by Gasteiger charge is 2.55. The summed E-state index contributed by atoms with van der Waals surface area (Å²) in [4.78, 5) is 2.58. The summed E-state index contributed by atoms with van der Waals surface area (Å²) in [5.74, 6) is 0. The van der Waals surface area contributed by atoms with E-state index in [1.165, 1.54) is 37.7 Å². The van der Waals surface area contributed by atoms with Crippen molar-refractivity contribution < 1.29 is 5.11 Å². The van der Waals surface area contributed by atoms with E-state index in [0.29, 0.717) is 12.1 Å². The average molecular weight is 307 g/mol. The zero-order chi connectivity index (χ0) is 15.6. The second kappa shape index (κ2) is 6.46. The fourth-order valence-electron chi connectivity index (χ4n) is 4.32. The van der Waals surface area contributed by atoms with Crippen molar-refractivity contribution in [3.05, 3.63) is 71.8 Å². The van der Waals surface area contributed by atoms with E-state index in [1.807, 2.05) is 30.3 Å². The molecule has 1 aliphatic heterocycles. The van der Waals surface area contributed by atoms with E-state index < -0.39 is 6.10 Å². The minimum atomic E-state index is -0.400. The zero-order valence-corrected chi connectivity index (χ0v) is 13.5. The lowest BCUT2D eigenvalue weighted by molar-refractivity contribution is 0.142. The molecular weight excluding hydrogens is 282 g/mol. The lowest BCUT2D eigenvalue weighted by Gasteiger charge is -2.25. The highest BCUT2D eigenvalue weighted by atomic mass is 16.3. The van der Waals surface area contributed by atoms with Gasteiger partial charge in [-0.05, 0) is 24.0 Å². The number of hydrogen-bond donors (Lipinski definition) is 1. The van der Waals surface area contributed by atoms with Crippen LogP contribution in [0.5, 0.6) is 0 Å². The van der Waals surface area contributed by atoms with E-state index in [1.54, 1.807) is 0 Å². The molecule has 0 radical (unpaired) electrons. The second-order valence-electron chi connectivity index (χ2n) is 6.94. The molecule has 0 amide bonds. The summed E-state index contributed by atoms with van der Waals surface area (Å²) in [6, 6.07) is 22.1. The fraction of sp³-hybridized carbons (Fsp3) is 0.429. The van der Waals surface area contributed by atoms with Crippen LogP contribution in [0.4, 0.5) is 0 Å². The minimum absolute atomic E-state index is 0.225. The van der Waals surface area contributed by atoms with Crippen molar-refractivity contribution in [3.8, 4) is 0 Å². The molecule has 2 nitrogen and oxygen atoms in total. The quantitative estimate of drug-likeness (QED) is 0.842. The Balaban J connectivity index is 1.60. The van der Waals surface area contributed by atoms with Crippen molar-refractivity contribution in [1.29, 1.82) is 0 Å². The number of aliphatic hydroxyl groups excluding tert-OH is 1. The molecule has 4 rings (SSSR count). The molecule has 1 saturated heterocycles. The molecule has 0 bridgehead atoms. The van der Waals surface area contributed by atoms with Crippen molar-refractivity contribution in [2.75, 3.05) is 0 Å². The van der Waals surface area contributed by atoms with Gasteiger partial charge in [0.25, 0.3) is 0 Å². The van der Waals surface area contributed by atoms with Gasteiger partial charge in [-0.2, -0.15) is 0 Å². The first-order valence-corrected chi connectivity index (χ1v) is 8.91. The molecule has 0 spiro atoms. The summed E-state index contributed by atoms with van der Waals surface area (Å²) in [5.41, 5.74) is 2.38. The van der Waals surface area contributed by atoms with Gasteiger partial charge in [0.15, 0.2) is 0 Å². The summed E-state index contributed by atoms with van der Waals surface area (Å²) < 4.78 is 0. The summed E-state index contributed by atoms with van der Waals surface area (Å²) in [6.45, 7) is 0. The molecule has 1 saturated carbocycles. The number of nitrogens with zero attached hydrogens (tertiary/aromatic N) is 1. The molecule has 1 heterocycles. The van der Waals surface area contributed by atoms with Gasteiger partial charge >= 0.3 is 0 Å². The molecule has 23 heavy (non-hydrogen) atoms. The van der Waals surface area contributed by atoms with Crippen molar-refractivity contribution in [1.82, 2.24) is 4.90 Å². The Morgan fingerprint density at radius 3 is 2.09 bits per heavy atom. The molecule has 1 aliphatic carbocycles. The van der Waals surface area contributed by atoms with E-state index in [0.717, 1.165) is 5.56 Å². The molecule has 4 atom stereocenters. The molecule has 2 heteroatoms. The first-order chi connectivity index (χ1) is 11.4. The van der Waals surface area contributed by atoms with Crippen LogP contribution >= 0.6 is 0 Å². The third kappa shape index (κ3) is 2.93. The van der Waals surface area contributed by atoms with Crippen LogP contribution in [-0.4, -0.2) is 22.1 Å². The molecular formula is C21H25NO. The topological polar surface area (TPSA) is 23.2 Å². The van der Waals surface area contributed by atoms with Crippen LogP contribution in [0.1, 0.15) is 55.4 Å². The van der Waals surface area contributed by atoms with Crippen LogP contribution in [0, 0.1) is 0 Å². The highest BCUT2D eigenvalue weighted by molar-refractivity contribution is 5.32. The Kier molecular flexibility index (Phi) is 4.19. The predicted octanol–water partition coefficient (Wildman–Crippen LogP) is 4.48. The predicted molar refractivity (Wildman–Crippen MR) is 93.1 cm³/mol. The summed E-state index contributed by atoms with van der Waals surface area (Å²) in [7, 11) is 0. The van der Waals surface area contributed by atoms with Gasteiger partial charge in [0, 0.05) is 6.04 Å². The smallest absolute Gasteiger partial charge is 0.0964 e. The molecule has 0 aromatic heterocycles. The third-order valence-electron chi connectivity index (χ3n) is 5.50. The maximum Gasteiger partial charge on any atom is 0.0964 e. The molecule has 120 valence electrons. The van der Waals surface area contributed by atoms with Gasteiger partial charge in [-0.25, -0.2) is 0 Å². The first-order valence-electron chi connectivity index (χ1n) is 8.91. The van der Waals surface area contributed by atoms with Crippen LogP contribution in [-0.2, 0) is 0 Å². The van der Waals surface area contributed by atoms with E-state index in [2.05, 4.69) is 35.2 Å². The van der Waals surface area contributed by atoms with Crippen molar-refractivity contribution >= 4 is 0 Å². The molecule has 2 aliphatic rings. The Morgan fingerprint density at radius 1 is 0.826 bits per heavy atom. The minimum Gasteiger partial charge on any atom is -0.387 e. The van der Waals surface area contributed by atoms with Gasteiger partial charge in [0.05, 0.1) is 18.2 Å². The SMILES string of the molecule is O[C@H](c1ccccc1)[C@@H]1[C@@H](c2ccccc2)N1C1CCCCC1. The Labute approximate surface area is 138 Å². The lowest BCUT2D eigenvalue weighted by atomic mass is 9.95. The van der Waals surface area contributed by atoms with Crippen LogP contribution in [0.15, 0.2) is 60.7 Å². The standard InChI is InChI=1S/C21H25NO/c23-21(17-12-6-2-7-13-17)20-19(16-10-4-1-5-11-16)22(20)18-14-8-3-9-15-18/h1-2,4-7,10-13,18-21,23H,3,8-9,14-15H2/t19-,20+,21-,22?/m1/s1. The van der Waals surface area contributed by atoms with E-state index in [4.69, 9.17) is 0 Å². The summed E-state index contributed by atoms with van der Waals surface area (Å²) in [5, 5.41) is 11.0. The van der Waals surface area contributed by atoms with Gasteiger partial charge in [0.2, 0.25) is 0 Å². The molecule has 1 unspecified atom stereocenters. The number of rotatable bonds is 4. The van der Waals surface area contributed by atoms with Crippen LogP contribution < -0.4 is 0 Å². The van der Waals surface area contributed by atoms with Crippen LogP contribution in [0.3, 0.4) is 0 Å². The monoisotopic (exact) mass is 307 g/mol.